The largest absolute Gasteiger partial charge is 0.454 e. The first kappa shape index (κ1) is 11.6. The number of nitrogens with zero attached hydrogens (tertiary/aromatic N) is 1. The van der Waals surface area contributed by atoms with E-state index in [9.17, 15) is 5.11 Å². The fourth-order valence-corrected chi connectivity index (χ4v) is 2.50. The van der Waals surface area contributed by atoms with Crippen molar-refractivity contribution < 1.29 is 14.6 Å². The van der Waals surface area contributed by atoms with Gasteiger partial charge in [0.1, 0.15) is 0 Å². The second-order valence-electron chi connectivity index (χ2n) is 4.84. The van der Waals surface area contributed by atoms with E-state index in [-0.39, 0.29) is 12.6 Å². The van der Waals surface area contributed by atoms with Crippen LogP contribution in [0.2, 0.25) is 0 Å². The van der Waals surface area contributed by atoms with Gasteiger partial charge in [-0.15, -0.1) is 0 Å². The van der Waals surface area contributed by atoms with E-state index in [0.717, 1.165) is 30.3 Å². The highest BCUT2D eigenvalue weighted by Crippen LogP contribution is 2.36. The number of benzene rings is 1. The Bertz CT molecular complexity index is 438. The summed E-state index contributed by atoms with van der Waals surface area (Å²) in [6.07, 6.45) is 0. The molecule has 2 aliphatic heterocycles. The molecule has 0 spiro atoms. The molecule has 2 atom stereocenters. The van der Waals surface area contributed by atoms with Crippen molar-refractivity contribution in [1.29, 1.82) is 0 Å². The highest BCUT2D eigenvalue weighted by Gasteiger charge is 2.26. The molecule has 2 heterocycles. The maximum Gasteiger partial charge on any atom is 0.231 e. The third kappa shape index (κ3) is 2.00. The van der Waals surface area contributed by atoms with Gasteiger partial charge in [-0.2, -0.15) is 0 Å². The van der Waals surface area contributed by atoms with Crippen LogP contribution >= 0.6 is 0 Å². The normalized spacial score (nSPS) is 26.4. The third-order valence-electron chi connectivity index (χ3n) is 3.51. The van der Waals surface area contributed by atoms with E-state index in [4.69, 9.17) is 9.47 Å². The Morgan fingerprint density at radius 1 is 1.39 bits per heavy atom. The van der Waals surface area contributed by atoms with Crippen molar-refractivity contribution in [3.05, 3.63) is 18.2 Å². The van der Waals surface area contributed by atoms with Crippen molar-refractivity contribution in [2.75, 3.05) is 31.4 Å². The lowest BCUT2D eigenvalue weighted by Crippen LogP contribution is -2.57. The number of aliphatic hydroxyl groups excluding tert-OH is 1. The van der Waals surface area contributed by atoms with Crippen LogP contribution in [0.1, 0.15) is 6.92 Å². The summed E-state index contributed by atoms with van der Waals surface area (Å²) in [6, 6.07) is 6.47. The smallest absolute Gasteiger partial charge is 0.231 e. The quantitative estimate of drug-likeness (QED) is 0.804. The van der Waals surface area contributed by atoms with Crippen molar-refractivity contribution >= 4 is 5.69 Å². The van der Waals surface area contributed by atoms with Crippen molar-refractivity contribution in [3.63, 3.8) is 0 Å². The van der Waals surface area contributed by atoms with Gasteiger partial charge in [-0.05, 0) is 19.1 Å². The second-order valence-corrected chi connectivity index (χ2v) is 4.84. The van der Waals surface area contributed by atoms with E-state index in [1.165, 1.54) is 0 Å². The van der Waals surface area contributed by atoms with Gasteiger partial charge in [-0.25, -0.2) is 0 Å². The van der Waals surface area contributed by atoms with Gasteiger partial charge in [0.2, 0.25) is 6.79 Å². The topological polar surface area (TPSA) is 54.0 Å². The minimum atomic E-state index is 0.113. The van der Waals surface area contributed by atoms with Gasteiger partial charge in [-0.3, -0.25) is 0 Å². The van der Waals surface area contributed by atoms with Crippen LogP contribution in [0.4, 0.5) is 5.69 Å². The number of aliphatic hydroxyl groups is 1. The van der Waals surface area contributed by atoms with Crippen molar-refractivity contribution in [2.45, 2.75) is 19.0 Å². The fourth-order valence-electron chi connectivity index (χ4n) is 2.50. The van der Waals surface area contributed by atoms with Gasteiger partial charge in [0.05, 0.1) is 12.6 Å². The SMILES string of the molecule is CC1CN(c2ccc3c(c2)OCO3)C(CO)CN1. The molecule has 2 N–H and O–H groups in total. The van der Waals surface area contributed by atoms with Crippen LogP contribution < -0.4 is 19.7 Å². The lowest BCUT2D eigenvalue weighted by molar-refractivity contribution is 0.174. The summed E-state index contributed by atoms with van der Waals surface area (Å²) in [6.45, 7) is 4.26. The predicted octanol–water partition coefficient (Wildman–Crippen LogP) is 0.574. The minimum Gasteiger partial charge on any atom is -0.454 e. The maximum atomic E-state index is 9.46. The van der Waals surface area contributed by atoms with Crippen LogP contribution in [-0.2, 0) is 0 Å². The first-order chi connectivity index (χ1) is 8.78. The molecule has 0 bridgehead atoms. The molecule has 98 valence electrons. The van der Waals surface area contributed by atoms with Gasteiger partial charge in [0.15, 0.2) is 11.5 Å². The van der Waals surface area contributed by atoms with Crippen LogP contribution in [0.5, 0.6) is 11.5 Å². The van der Waals surface area contributed by atoms with Crippen molar-refractivity contribution in [3.8, 4) is 11.5 Å². The molecule has 1 fully saturated rings. The molecule has 0 aromatic heterocycles. The van der Waals surface area contributed by atoms with Gasteiger partial charge >= 0.3 is 0 Å². The third-order valence-corrected chi connectivity index (χ3v) is 3.51. The highest BCUT2D eigenvalue weighted by atomic mass is 16.7. The first-order valence-corrected chi connectivity index (χ1v) is 6.28. The molecular formula is C13H18N2O3. The van der Waals surface area contributed by atoms with Crippen LogP contribution in [0.25, 0.3) is 0 Å². The molecule has 3 rings (SSSR count). The number of fused-ring (bicyclic) bond motifs is 1. The van der Waals surface area contributed by atoms with Crippen molar-refractivity contribution in [2.24, 2.45) is 0 Å². The summed E-state index contributed by atoms with van der Waals surface area (Å²) in [5.41, 5.74) is 1.08. The van der Waals surface area contributed by atoms with E-state index < -0.39 is 0 Å². The van der Waals surface area contributed by atoms with Crippen LogP contribution in [0.15, 0.2) is 18.2 Å². The number of piperazine rings is 1. The highest BCUT2D eigenvalue weighted by molar-refractivity contribution is 5.58. The zero-order valence-electron chi connectivity index (χ0n) is 10.4. The number of hydrogen-bond donors (Lipinski definition) is 2. The predicted molar refractivity (Wildman–Crippen MR) is 68.2 cm³/mol. The summed E-state index contributed by atoms with van der Waals surface area (Å²) >= 11 is 0. The fraction of sp³-hybridized carbons (Fsp3) is 0.538. The van der Waals surface area contributed by atoms with Gasteiger partial charge in [0.25, 0.3) is 0 Å². The van der Waals surface area contributed by atoms with E-state index in [0.29, 0.717) is 12.8 Å². The summed E-state index contributed by atoms with van der Waals surface area (Å²) < 4.78 is 10.7. The summed E-state index contributed by atoms with van der Waals surface area (Å²) in [7, 11) is 0. The molecule has 0 radical (unpaired) electrons. The molecule has 18 heavy (non-hydrogen) atoms. The first-order valence-electron chi connectivity index (χ1n) is 6.28. The molecular weight excluding hydrogens is 232 g/mol. The van der Waals surface area contributed by atoms with Crippen molar-refractivity contribution in [1.82, 2.24) is 5.32 Å². The van der Waals surface area contributed by atoms with Gasteiger partial charge < -0.3 is 24.8 Å². The molecule has 0 saturated carbocycles. The zero-order chi connectivity index (χ0) is 12.5. The molecule has 5 nitrogen and oxygen atoms in total. The lowest BCUT2D eigenvalue weighted by Gasteiger charge is -2.40. The number of ether oxygens (including phenoxy) is 2. The molecule has 1 aromatic carbocycles. The summed E-state index contributed by atoms with van der Waals surface area (Å²) in [4.78, 5) is 2.23. The van der Waals surface area contributed by atoms with E-state index in [2.05, 4.69) is 17.1 Å². The average molecular weight is 250 g/mol. The Labute approximate surface area is 106 Å². The Balaban J connectivity index is 1.87. The second kappa shape index (κ2) is 4.66. The Kier molecular flexibility index (Phi) is 3.01. The molecule has 1 aromatic rings. The minimum absolute atomic E-state index is 0.113. The lowest BCUT2D eigenvalue weighted by atomic mass is 10.1. The molecule has 0 aliphatic carbocycles. The van der Waals surface area contributed by atoms with Crippen LogP contribution in [0.3, 0.4) is 0 Å². The number of hydrogen-bond acceptors (Lipinski definition) is 5. The Hall–Kier alpha value is -1.46. The maximum absolute atomic E-state index is 9.46. The molecule has 2 unspecified atom stereocenters. The Morgan fingerprint density at radius 3 is 3.06 bits per heavy atom. The molecule has 0 amide bonds. The zero-order valence-corrected chi connectivity index (χ0v) is 10.4. The summed E-state index contributed by atoms with van der Waals surface area (Å²) in [5, 5.41) is 12.8. The molecule has 2 aliphatic rings. The monoisotopic (exact) mass is 250 g/mol. The standard InChI is InChI=1S/C13H18N2O3/c1-9-6-15(11(7-16)5-14-9)10-2-3-12-13(4-10)18-8-17-12/h2-4,9,11,14,16H,5-8H2,1H3. The van der Waals surface area contributed by atoms with Crippen LogP contribution in [0, 0.1) is 0 Å². The Morgan fingerprint density at radius 2 is 2.22 bits per heavy atom. The van der Waals surface area contributed by atoms with E-state index in [1.807, 2.05) is 18.2 Å². The average Bonchev–Trinajstić information content (AvgIpc) is 2.85. The number of nitrogens with one attached hydrogen (secondary N) is 1. The molecule has 1 saturated heterocycles. The molecule has 5 heteroatoms. The number of anilines is 1. The van der Waals surface area contributed by atoms with E-state index >= 15 is 0 Å². The summed E-state index contributed by atoms with van der Waals surface area (Å²) in [5.74, 6) is 1.58. The van der Waals surface area contributed by atoms with E-state index in [1.54, 1.807) is 0 Å². The van der Waals surface area contributed by atoms with Gasteiger partial charge in [-0.1, -0.05) is 0 Å². The van der Waals surface area contributed by atoms with Gasteiger partial charge in [0, 0.05) is 30.9 Å². The number of rotatable bonds is 2. The van der Waals surface area contributed by atoms with Crippen LogP contribution in [-0.4, -0.2) is 43.7 Å².